The van der Waals surface area contributed by atoms with Gasteiger partial charge in [-0.15, -0.1) is 0 Å². The smallest absolute Gasteiger partial charge is 0.326 e. The van der Waals surface area contributed by atoms with E-state index in [-0.39, 0.29) is 12.8 Å². The standard InChI is InChI=1S/C28H33N5O8/c1-15(34)24(29)27(39)32-20(11-16-7-3-2-4-8-16)25(37)31-21(26(38)33-22(28(40)41)13-23(35)36)12-17-14-30-19-10-6-5-9-18(17)19/h2-10,14-15,20-22,24,30,34H,11-13,29H2,1H3,(H,31,37)(H,32,39)(H,33,38)(H,35,36)(H,40,41). The molecule has 3 aromatic rings. The summed E-state index contributed by atoms with van der Waals surface area (Å²) >= 11 is 0. The summed E-state index contributed by atoms with van der Waals surface area (Å²) in [6.45, 7) is 1.33. The van der Waals surface area contributed by atoms with E-state index in [1.807, 2.05) is 12.1 Å². The van der Waals surface area contributed by atoms with Crippen LogP contribution >= 0.6 is 0 Å². The predicted octanol–water partition coefficient (Wildman–Crippen LogP) is -0.325. The number of aromatic nitrogens is 1. The Balaban J connectivity index is 1.91. The maximum atomic E-state index is 13.6. The summed E-state index contributed by atoms with van der Waals surface area (Å²) in [7, 11) is 0. The second-order valence-electron chi connectivity index (χ2n) is 9.64. The van der Waals surface area contributed by atoms with Crippen LogP contribution in [0.5, 0.6) is 0 Å². The molecule has 2 aromatic carbocycles. The van der Waals surface area contributed by atoms with Crippen molar-refractivity contribution in [3.8, 4) is 0 Å². The van der Waals surface area contributed by atoms with E-state index in [9.17, 15) is 34.2 Å². The Kier molecular flexibility index (Phi) is 10.6. The van der Waals surface area contributed by atoms with E-state index in [1.165, 1.54) is 6.92 Å². The molecular weight excluding hydrogens is 534 g/mol. The van der Waals surface area contributed by atoms with Crippen LogP contribution in [0, 0.1) is 0 Å². The number of aliphatic hydroxyl groups excluding tert-OH is 1. The summed E-state index contributed by atoms with van der Waals surface area (Å²) < 4.78 is 0. The first-order valence-corrected chi connectivity index (χ1v) is 12.8. The Hall–Kier alpha value is -4.75. The van der Waals surface area contributed by atoms with Crippen LogP contribution in [0.2, 0.25) is 0 Å². The van der Waals surface area contributed by atoms with Crippen LogP contribution in [0.1, 0.15) is 24.5 Å². The number of aliphatic carboxylic acids is 2. The third-order valence-electron chi connectivity index (χ3n) is 6.46. The third kappa shape index (κ3) is 8.62. The van der Waals surface area contributed by atoms with Crippen LogP contribution in [0.15, 0.2) is 60.8 Å². The van der Waals surface area contributed by atoms with Crippen LogP contribution in [0.25, 0.3) is 10.9 Å². The number of para-hydroxylation sites is 1. The van der Waals surface area contributed by atoms with Crippen LogP contribution < -0.4 is 21.7 Å². The molecule has 5 unspecified atom stereocenters. The van der Waals surface area contributed by atoms with Crippen LogP contribution in [-0.2, 0) is 36.8 Å². The number of aromatic amines is 1. The molecule has 5 atom stereocenters. The lowest BCUT2D eigenvalue weighted by Gasteiger charge is -2.25. The van der Waals surface area contributed by atoms with Gasteiger partial charge in [0.1, 0.15) is 24.2 Å². The second kappa shape index (κ2) is 14.1. The predicted molar refractivity (Wildman–Crippen MR) is 147 cm³/mol. The number of amides is 3. The van der Waals surface area contributed by atoms with Gasteiger partial charge in [0.25, 0.3) is 0 Å². The number of hydrogen-bond acceptors (Lipinski definition) is 7. The van der Waals surface area contributed by atoms with Crippen LogP contribution in [0.4, 0.5) is 0 Å². The molecule has 1 aromatic heterocycles. The second-order valence-corrected chi connectivity index (χ2v) is 9.64. The first kappa shape index (κ1) is 30.8. The minimum atomic E-state index is -1.74. The molecule has 13 nitrogen and oxygen atoms in total. The zero-order valence-corrected chi connectivity index (χ0v) is 22.2. The van der Waals surface area contributed by atoms with Crippen molar-refractivity contribution in [2.75, 3.05) is 0 Å². The molecule has 0 fully saturated rings. The van der Waals surface area contributed by atoms with Gasteiger partial charge in [0, 0.05) is 29.9 Å². The van der Waals surface area contributed by atoms with E-state index < -0.39 is 66.4 Å². The molecule has 0 radical (unpaired) electrons. The van der Waals surface area contributed by atoms with Gasteiger partial charge in [0.2, 0.25) is 17.7 Å². The Bertz CT molecular complexity index is 1390. The number of carboxylic acids is 2. The van der Waals surface area contributed by atoms with Crippen LogP contribution in [-0.4, -0.2) is 80.2 Å². The normalized spacial score (nSPS) is 14.7. The van der Waals surface area contributed by atoms with E-state index in [2.05, 4.69) is 20.9 Å². The van der Waals surface area contributed by atoms with Gasteiger partial charge in [-0.25, -0.2) is 4.79 Å². The van der Waals surface area contributed by atoms with Crippen molar-refractivity contribution in [2.45, 2.75) is 56.5 Å². The van der Waals surface area contributed by atoms with E-state index in [1.54, 1.807) is 48.7 Å². The number of nitrogens with two attached hydrogens (primary N) is 1. The fourth-order valence-electron chi connectivity index (χ4n) is 4.20. The fourth-order valence-corrected chi connectivity index (χ4v) is 4.20. The van der Waals surface area contributed by atoms with Crippen LogP contribution in [0.3, 0.4) is 0 Å². The highest BCUT2D eigenvalue weighted by Crippen LogP contribution is 2.19. The highest BCUT2D eigenvalue weighted by atomic mass is 16.4. The summed E-state index contributed by atoms with van der Waals surface area (Å²) in [5, 5.41) is 36.3. The number of carboxylic acid groups (broad SMARTS) is 2. The maximum absolute atomic E-state index is 13.6. The molecule has 218 valence electrons. The first-order chi connectivity index (χ1) is 19.5. The molecule has 0 aliphatic carbocycles. The average Bonchev–Trinajstić information content (AvgIpc) is 3.34. The maximum Gasteiger partial charge on any atom is 0.326 e. The lowest BCUT2D eigenvalue weighted by molar-refractivity contribution is -0.147. The van der Waals surface area contributed by atoms with Crippen molar-refractivity contribution < 1.29 is 39.3 Å². The van der Waals surface area contributed by atoms with E-state index in [0.717, 1.165) is 10.9 Å². The summed E-state index contributed by atoms with van der Waals surface area (Å²) in [6, 6.07) is 10.3. The lowest BCUT2D eigenvalue weighted by Crippen LogP contribution is -2.59. The summed E-state index contributed by atoms with van der Waals surface area (Å²) in [5.41, 5.74) is 7.83. The fraction of sp³-hybridized carbons (Fsp3) is 0.321. The van der Waals surface area contributed by atoms with Gasteiger partial charge in [-0.2, -0.15) is 0 Å². The van der Waals surface area contributed by atoms with Crippen molar-refractivity contribution in [2.24, 2.45) is 5.73 Å². The molecule has 9 N–H and O–H groups in total. The van der Waals surface area contributed by atoms with Gasteiger partial charge in [-0.3, -0.25) is 19.2 Å². The largest absolute Gasteiger partial charge is 0.481 e. The number of carbonyl (C=O) groups excluding carboxylic acids is 3. The van der Waals surface area contributed by atoms with Gasteiger partial charge < -0.3 is 42.0 Å². The van der Waals surface area contributed by atoms with Gasteiger partial charge >= 0.3 is 11.9 Å². The van der Waals surface area contributed by atoms with E-state index in [4.69, 9.17) is 10.8 Å². The molecule has 0 aliphatic rings. The third-order valence-corrected chi connectivity index (χ3v) is 6.46. The van der Waals surface area contributed by atoms with Gasteiger partial charge in [0.15, 0.2) is 0 Å². The zero-order chi connectivity index (χ0) is 30.1. The molecular formula is C28H33N5O8. The molecule has 13 heteroatoms. The first-order valence-electron chi connectivity index (χ1n) is 12.8. The number of hydrogen-bond donors (Lipinski definition) is 8. The van der Waals surface area contributed by atoms with Crippen molar-refractivity contribution in [1.29, 1.82) is 0 Å². The summed E-state index contributed by atoms with van der Waals surface area (Å²) in [4.78, 5) is 65.3. The monoisotopic (exact) mass is 567 g/mol. The lowest BCUT2D eigenvalue weighted by atomic mass is 10.0. The minimum absolute atomic E-state index is 0.0170. The van der Waals surface area contributed by atoms with Crippen molar-refractivity contribution in [3.63, 3.8) is 0 Å². The molecule has 3 amide bonds. The Morgan fingerprint density at radius 3 is 1.98 bits per heavy atom. The molecule has 41 heavy (non-hydrogen) atoms. The molecule has 0 saturated heterocycles. The van der Waals surface area contributed by atoms with Crippen molar-refractivity contribution in [1.82, 2.24) is 20.9 Å². The Morgan fingerprint density at radius 1 is 0.805 bits per heavy atom. The molecule has 0 saturated carbocycles. The number of carbonyl (C=O) groups is 5. The van der Waals surface area contributed by atoms with Gasteiger partial charge in [-0.05, 0) is 24.1 Å². The molecule has 0 spiro atoms. The molecule has 1 heterocycles. The average molecular weight is 568 g/mol. The topological polar surface area (TPSA) is 224 Å². The quantitative estimate of drug-likeness (QED) is 0.128. The highest BCUT2D eigenvalue weighted by Gasteiger charge is 2.32. The molecule has 0 bridgehead atoms. The van der Waals surface area contributed by atoms with E-state index in [0.29, 0.717) is 11.1 Å². The van der Waals surface area contributed by atoms with Crippen molar-refractivity contribution in [3.05, 3.63) is 71.9 Å². The Morgan fingerprint density at radius 2 is 1.37 bits per heavy atom. The number of aliphatic hydroxyl groups is 1. The summed E-state index contributed by atoms with van der Waals surface area (Å²) in [5.74, 6) is -5.48. The number of benzene rings is 2. The number of H-pyrrole nitrogens is 1. The number of fused-ring (bicyclic) bond motifs is 1. The minimum Gasteiger partial charge on any atom is -0.481 e. The number of rotatable bonds is 14. The Labute approximate surface area is 235 Å². The number of nitrogens with one attached hydrogen (secondary N) is 4. The van der Waals surface area contributed by atoms with Gasteiger partial charge in [0.05, 0.1) is 12.5 Å². The van der Waals surface area contributed by atoms with Gasteiger partial charge in [-0.1, -0.05) is 48.5 Å². The summed E-state index contributed by atoms with van der Waals surface area (Å²) in [6.07, 6.45) is -0.492. The molecule has 0 aliphatic heterocycles. The van der Waals surface area contributed by atoms with Crippen molar-refractivity contribution >= 4 is 40.6 Å². The SMILES string of the molecule is CC(O)C(N)C(=O)NC(Cc1ccccc1)C(=O)NC(Cc1c[nH]c2ccccc12)C(=O)NC(CC(=O)O)C(=O)O. The zero-order valence-electron chi connectivity index (χ0n) is 22.2. The highest BCUT2D eigenvalue weighted by molar-refractivity contribution is 5.95. The molecule has 3 rings (SSSR count). The van der Waals surface area contributed by atoms with E-state index >= 15 is 0 Å².